The number of benzene rings is 1. The number of aryl methyl sites for hydroxylation is 1. The summed E-state index contributed by atoms with van der Waals surface area (Å²) in [5, 5.41) is 0. The third-order valence-corrected chi connectivity index (χ3v) is 4.17. The van der Waals surface area contributed by atoms with Gasteiger partial charge in [0, 0.05) is 31.9 Å². The second kappa shape index (κ2) is 3.98. The number of nitrogens with zero attached hydrogens (tertiary/aromatic N) is 2. The second-order valence-electron chi connectivity index (χ2n) is 5.58. The largest absolute Gasteiger partial charge is 0.371 e. The molecule has 17 heavy (non-hydrogen) atoms. The summed E-state index contributed by atoms with van der Waals surface area (Å²) in [6.45, 7) is 6.67. The molecular weight excluding hydrogens is 215 g/mol. The van der Waals surface area contributed by atoms with Gasteiger partial charge in [-0.3, -0.25) is 0 Å². The fourth-order valence-corrected chi connectivity index (χ4v) is 3.40. The van der Waals surface area contributed by atoms with E-state index < -0.39 is 0 Å². The Balaban J connectivity index is 1.79. The van der Waals surface area contributed by atoms with Crippen LogP contribution in [0.4, 0.5) is 10.1 Å². The van der Waals surface area contributed by atoms with Crippen molar-refractivity contribution in [3.8, 4) is 0 Å². The van der Waals surface area contributed by atoms with E-state index >= 15 is 0 Å². The molecule has 2 fully saturated rings. The van der Waals surface area contributed by atoms with E-state index in [1.807, 2.05) is 13.0 Å². The van der Waals surface area contributed by atoms with E-state index in [0.29, 0.717) is 0 Å². The lowest BCUT2D eigenvalue weighted by Gasteiger charge is -2.23. The zero-order valence-corrected chi connectivity index (χ0v) is 10.5. The number of halogens is 1. The van der Waals surface area contributed by atoms with Crippen molar-refractivity contribution in [2.45, 2.75) is 6.92 Å². The third kappa shape index (κ3) is 1.93. The molecule has 2 heterocycles. The smallest absolute Gasteiger partial charge is 0.123 e. The maximum absolute atomic E-state index is 13.1. The zero-order chi connectivity index (χ0) is 12.0. The Morgan fingerprint density at radius 3 is 2.35 bits per heavy atom. The van der Waals surface area contributed by atoms with Gasteiger partial charge in [-0.05, 0) is 49.6 Å². The Hall–Kier alpha value is -1.09. The molecule has 1 aromatic rings. The van der Waals surface area contributed by atoms with Crippen LogP contribution in [0.5, 0.6) is 0 Å². The molecule has 2 nitrogen and oxygen atoms in total. The van der Waals surface area contributed by atoms with Crippen LogP contribution in [0.2, 0.25) is 0 Å². The second-order valence-corrected chi connectivity index (χ2v) is 5.58. The van der Waals surface area contributed by atoms with Gasteiger partial charge in [0.25, 0.3) is 0 Å². The highest BCUT2D eigenvalue weighted by Gasteiger charge is 2.38. The van der Waals surface area contributed by atoms with Crippen LogP contribution in [-0.4, -0.2) is 38.1 Å². The third-order valence-electron chi connectivity index (χ3n) is 4.17. The first-order chi connectivity index (χ1) is 8.13. The highest BCUT2D eigenvalue weighted by atomic mass is 19.1. The van der Waals surface area contributed by atoms with Crippen molar-refractivity contribution in [3.63, 3.8) is 0 Å². The fraction of sp³-hybridized carbons (Fsp3) is 0.571. The Morgan fingerprint density at radius 2 is 1.76 bits per heavy atom. The van der Waals surface area contributed by atoms with Crippen LogP contribution in [0.3, 0.4) is 0 Å². The standard InChI is InChI=1S/C14H19FN2/c1-10-5-13(15)3-4-14(10)17-8-11-6-16(2)7-12(11)9-17/h3-5,11-12H,6-9H2,1-2H3/t11-,12-/m0/s1. The Morgan fingerprint density at radius 1 is 1.12 bits per heavy atom. The minimum Gasteiger partial charge on any atom is -0.371 e. The van der Waals surface area contributed by atoms with E-state index in [1.165, 1.54) is 18.8 Å². The lowest BCUT2D eigenvalue weighted by atomic mass is 10.0. The van der Waals surface area contributed by atoms with Gasteiger partial charge in [-0.15, -0.1) is 0 Å². The van der Waals surface area contributed by atoms with E-state index in [-0.39, 0.29) is 5.82 Å². The van der Waals surface area contributed by atoms with Crippen LogP contribution in [0.15, 0.2) is 18.2 Å². The molecule has 3 rings (SSSR count). The monoisotopic (exact) mass is 234 g/mol. The average molecular weight is 234 g/mol. The molecule has 2 atom stereocenters. The van der Waals surface area contributed by atoms with Crippen molar-refractivity contribution in [3.05, 3.63) is 29.6 Å². The molecular formula is C14H19FN2. The molecule has 92 valence electrons. The van der Waals surface area contributed by atoms with Crippen molar-refractivity contribution in [1.29, 1.82) is 0 Å². The summed E-state index contributed by atoms with van der Waals surface area (Å²) in [5.74, 6) is 1.46. The minimum absolute atomic E-state index is 0.134. The van der Waals surface area contributed by atoms with Crippen LogP contribution >= 0.6 is 0 Å². The van der Waals surface area contributed by atoms with Gasteiger partial charge in [0.2, 0.25) is 0 Å². The van der Waals surface area contributed by atoms with Crippen molar-refractivity contribution in [2.75, 3.05) is 38.1 Å². The lowest BCUT2D eigenvalue weighted by Crippen LogP contribution is -2.27. The Labute approximate surface area is 102 Å². The molecule has 0 amide bonds. The van der Waals surface area contributed by atoms with Gasteiger partial charge in [0.15, 0.2) is 0 Å². The van der Waals surface area contributed by atoms with Gasteiger partial charge in [-0.2, -0.15) is 0 Å². The molecule has 0 saturated carbocycles. The molecule has 3 heteroatoms. The summed E-state index contributed by atoms with van der Waals surface area (Å²) < 4.78 is 13.1. The van der Waals surface area contributed by atoms with Crippen LogP contribution in [0, 0.1) is 24.6 Å². The molecule has 1 aromatic carbocycles. The maximum atomic E-state index is 13.1. The summed E-state index contributed by atoms with van der Waals surface area (Å²) in [6.07, 6.45) is 0. The van der Waals surface area contributed by atoms with Gasteiger partial charge >= 0.3 is 0 Å². The number of anilines is 1. The molecule has 0 radical (unpaired) electrons. The van der Waals surface area contributed by atoms with Crippen molar-refractivity contribution < 1.29 is 4.39 Å². The number of hydrogen-bond acceptors (Lipinski definition) is 2. The molecule has 2 aliphatic heterocycles. The van der Waals surface area contributed by atoms with Crippen molar-refractivity contribution >= 4 is 5.69 Å². The minimum atomic E-state index is -0.134. The molecule has 0 spiro atoms. The molecule has 0 aromatic heterocycles. The predicted octanol–water partition coefficient (Wildman–Crippen LogP) is 2.13. The first-order valence-electron chi connectivity index (χ1n) is 6.33. The summed E-state index contributed by atoms with van der Waals surface area (Å²) in [4.78, 5) is 4.85. The van der Waals surface area contributed by atoms with Crippen molar-refractivity contribution in [2.24, 2.45) is 11.8 Å². The van der Waals surface area contributed by atoms with E-state index in [0.717, 1.165) is 30.5 Å². The van der Waals surface area contributed by atoms with Crippen LogP contribution in [0.1, 0.15) is 5.56 Å². The molecule has 0 N–H and O–H groups in total. The predicted molar refractivity (Wildman–Crippen MR) is 67.8 cm³/mol. The first kappa shape index (κ1) is 11.0. The molecule has 2 aliphatic rings. The highest BCUT2D eigenvalue weighted by molar-refractivity contribution is 5.54. The van der Waals surface area contributed by atoms with Gasteiger partial charge in [0.05, 0.1) is 0 Å². The van der Waals surface area contributed by atoms with Gasteiger partial charge < -0.3 is 9.80 Å². The summed E-state index contributed by atoms with van der Waals surface area (Å²) in [7, 11) is 2.20. The van der Waals surface area contributed by atoms with E-state index in [4.69, 9.17) is 0 Å². The van der Waals surface area contributed by atoms with E-state index in [1.54, 1.807) is 12.1 Å². The normalized spacial score (nSPS) is 28.8. The first-order valence-corrected chi connectivity index (χ1v) is 6.33. The van der Waals surface area contributed by atoms with Crippen LogP contribution < -0.4 is 4.90 Å². The average Bonchev–Trinajstić information content (AvgIpc) is 2.74. The summed E-state index contributed by atoms with van der Waals surface area (Å²) in [6, 6.07) is 5.13. The lowest BCUT2D eigenvalue weighted by molar-refractivity contribution is 0.387. The van der Waals surface area contributed by atoms with Crippen LogP contribution in [0.25, 0.3) is 0 Å². The van der Waals surface area contributed by atoms with Crippen molar-refractivity contribution in [1.82, 2.24) is 4.90 Å². The van der Waals surface area contributed by atoms with Gasteiger partial charge in [0.1, 0.15) is 5.82 Å². The SMILES string of the molecule is Cc1cc(F)ccc1N1C[C@@H]2CN(C)C[C@H]2C1. The molecule has 0 aliphatic carbocycles. The number of hydrogen-bond donors (Lipinski definition) is 0. The topological polar surface area (TPSA) is 6.48 Å². The molecule has 0 bridgehead atoms. The summed E-state index contributed by atoms with van der Waals surface area (Å²) in [5.41, 5.74) is 2.27. The van der Waals surface area contributed by atoms with Gasteiger partial charge in [-0.25, -0.2) is 4.39 Å². The zero-order valence-electron chi connectivity index (χ0n) is 10.5. The Bertz CT molecular complexity index is 418. The Kier molecular flexibility index (Phi) is 2.58. The highest BCUT2D eigenvalue weighted by Crippen LogP contribution is 2.34. The quantitative estimate of drug-likeness (QED) is 0.734. The molecule has 2 saturated heterocycles. The summed E-state index contributed by atoms with van der Waals surface area (Å²) >= 11 is 0. The van der Waals surface area contributed by atoms with Crippen LogP contribution in [-0.2, 0) is 0 Å². The number of rotatable bonds is 1. The fourth-order valence-electron chi connectivity index (χ4n) is 3.40. The number of fused-ring (bicyclic) bond motifs is 1. The number of likely N-dealkylation sites (tertiary alicyclic amines) is 1. The van der Waals surface area contributed by atoms with Gasteiger partial charge in [-0.1, -0.05) is 0 Å². The maximum Gasteiger partial charge on any atom is 0.123 e. The van der Waals surface area contributed by atoms with E-state index in [2.05, 4.69) is 16.8 Å². The molecule has 0 unspecified atom stereocenters. The van der Waals surface area contributed by atoms with E-state index in [9.17, 15) is 4.39 Å².